The summed E-state index contributed by atoms with van der Waals surface area (Å²) in [7, 11) is 1.31. The zero-order valence-corrected chi connectivity index (χ0v) is 12.2. The largest absolute Gasteiger partial charge is 0.469 e. The lowest BCUT2D eigenvalue weighted by atomic mass is 10.0. The summed E-state index contributed by atoms with van der Waals surface area (Å²) in [6.07, 6.45) is 0.219. The van der Waals surface area contributed by atoms with Crippen molar-refractivity contribution in [1.29, 1.82) is 0 Å². The number of esters is 1. The van der Waals surface area contributed by atoms with E-state index in [0.717, 1.165) is 5.56 Å². The van der Waals surface area contributed by atoms with Crippen LogP contribution in [0.5, 0.6) is 0 Å². The van der Waals surface area contributed by atoms with Gasteiger partial charge in [0.2, 0.25) is 11.8 Å². The number of carbonyl (C=O) groups is 3. The van der Waals surface area contributed by atoms with Crippen molar-refractivity contribution in [3.63, 3.8) is 0 Å². The van der Waals surface area contributed by atoms with Crippen LogP contribution in [0.2, 0.25) is 0 Å². The SMILES string of the molecule is COC(=O)C[C@@H](NC(=O)CCNC(C)=O)c1ccccc1. The van der Waals surface area contributed by atoms with Crippen molar-refractivity contribution in [2.75, 3.05) is 13.7 Å². The van der Waals surface area contributed by atoms with E-state index in [-0.39, 0.29) is 31.2 Å². The molecule has 0 bridgehead atoms. The van der Waals surface area contributed by atoms with Crippen LogP contribution in [0.15, 0.2) is 30.3 Å². The van der Waals surface area contributed by atoms with Gasteiger partial charge in [0.1, 0.15) is 0 Å². The summed E-state index contributed by atoms with van der Waals surface area (Å²) in [5.41, 5.74) is 0.829. The van der Waals surface area contributed by atoms with Crippen LogP contribution in [0, 0.1) is 0 Å². The van der Waals surface area contributed by atoms with Crippen LogP contribution in [0.4, 0.5) is 0 Å². The molecule has 0 radical (unpaired) electrons. The number of amides is 2. The van der Waals surface area contributed by atoms with Crippen LogP contribution >= 0.6 is 0 Å². The summed E-state index contributed by atoms with van der Waals surface area (Å²) < 4.78 is 4.65. The average Bonchev–Trinajstić information content (AvgIpc) is 2.47. The van der Waals surface area contributed by atoms with Crippen molar-refractivity contribution in [2.24, 2.45) is 0 Å². The van der Waals surface area contributed by atoms with E-state index in [2.05, 4.69) is 15.4 Å². The number of ether oxygens (including phenoxy) is 1. The van der Waals surface area contributed by atoms with E-state index in [4.69, 9.17) is 0 Å². The molecule has 0 spiro atoms. The van der Waals surface area contributed by atoms with Gasteiger partial charge in [-0.05, 0) is 5.56 Å². The van der Waals surface area contributed by atoms with Gasteiger partial charge in [-0.1, -0.05) is 30.3 Å². The molecular formula is C15H20N2O4. The highest BCUT2D eigenvalue weighted by Crippen LogP contribution is 2.17. The van der Waals surface area contributed by atoms with E-state index < -0.39 is 12.0 Å². The maximum absolute atomic E-state index is 11.9. The molecule has 1 atom stereocenters. The minimum atomic E-state index is -0.441. The first-order valence-corrected chi connectivity index (χ1v) is 6.68. The van der Waals surface area contributed by atoms with Gasteiger partial charge in [-0.25, -0.2) is 0 Å². The fourth-order valence-corrected chi connectivity index (χ4v) is 1.81. The van der Waals surface area contributed by atoms with Gasteiger partial charge in [-0.3, -0.25) is 14.4 Å². The van der Waals surface area contributed by atoms with E-state index in [1.165, 1.54) is 14.0 Å². The summed E-state index contributed by atoms with van der Waals surface area (Å²) in [6.45, 7) is 1.66. The van der Waals surface area contributed by atoms with Crippen LogP contribution in [0.3, 0.4) is 0 Å². The second kappa shape index (κ2) is 8.73. The molecule has 1 aromatic carbocycles. The average molecular weight is 292 g/mol. The fraction of sp³-hybridized carbons (Fsp3) is 0.400. The number of benzene rings is 1. The number of hydrogen-bond acceptors (Lipinski definition) is 4. The Morgan fingerprint density at radius 2 is 1.86 bits per heavy atom. The summed E-state index contributed by atoms with van der Waals surface area (Å²) in [6, 6.07) is 8.76. The molecule has 0 saturated carbocycles. The van der Waals surface area contributed by atoms with Crippen molar-refractivity contribution in [1.82, 2.24) is 10.6 Å². The predicted molar refractivity (Wildman–Crippen MR) is 77.3 cm³/mol. The van der Waals surface area contributed by atoms with Crippen LogP contribution in [0.1, 0.15) is 31.4 Å². The minimum Gasteiger partial charge on any atom is -0.469 e. The van der Waals surface area contributed by atoms with Crippen molar-refractivity contribution in [3.05, 3.63) is 35.9 Å². The molecule has 0 aliphatic carbocycles. The van der Waals surface area contributed by atoms with E-state index in [9.17, 15) is 14.4 Å². The molecule has 1 rings (SSSR count). The van der Waals surface area contributed by atoms with Gasteiger partial charge in [0.25, 0.3) is 0 Å². The Balaban J connectivity index is 2.62. The Labute approximate surface area is 123 Å². The highest BCUT2D eigenvalue weighted by molar-refractivity contribution is 5.79. The second-order valence-corrected chi connectivity index (χ2v) is 4.54. The van der Waals surface area contributed by atoms with Gasteiger partial charge in [0, 0.05) is 19.9 Å². The Morgan fingerprint density at radius 3 is 2.43 bits per heavy atom. The molecule has 0 saturated heterocycles. The normalized spacial score (nSPS) is 11.3. The maximum Gasteiger partial charge on any atom is 0.307 e. The van der Waals surface area contributed by atoms with E-state index in [0.29, 0.717) is 0 Å². The Hall–Kier alpha value is -2.37. The molecular weight excluding hydrogens is 272 g/mol. The molecule has 1 aromatic rings. The number of rotatable bonds is 7. The molecule has 0 heterocycles. The van der Waals surface area contributed by atoms with Crippen LogP contribution in [0.25, 0.3) is 0 Å². The van der Waals surface area contributed by atoms with E-state index in [1.807, 2.05) is 30.3 Å². The highest BCUT2D eigenvalue weighted by atomic mass is 16.5. The lowest BCUT2D eigenvalue weighted by Crippen LogP contribution is -2.33. The van der Waals surface area contributed by atoms with Crippen LogP contribution in [-0.2, 0) is 19.1 Å². The van der Waals surface area contributed by atoms with Crippen LogP contribution in [-0.4, -0.2) is 31.4 Å². The van der Waals surface area contributed by atoms with E-state index >= 15 is 0 Å². The van der Waals surface area contributed by atoms with Crippen molar-refractivity contribution in [2.45, 2.75) is 25.8 Å². The molecule has 2 N–H and O–H groups in total. The van der Waals surface area contributed by atoms with Crippen molar-refractivity contribution in [3.8, 4) is 0 Å². The minimum absolute atomic E-state index is 0.0619. The fourth-order valence-electron chi connectivity index (χ4n) is 1.81. The first kappa shape index (κ1) is 16.7. The molecule has 0 fully saturated rings. The third-order valence-corrected chi connectivity index (χ3v) is 2.86. The first-order chi connectivity index (χ1) is 10.0. The predicted octanol–water partition coefficient (Wildman–Crippen LogP) is 0.933. The van der Waals surface area contributed by atoms with Crippen molar-refractivity contribution < 1.29 is 19.1 Å². The zero-order valence-electron chi connectivity index (χ0n) is 12.2. The monoisotopic (exact) mass is 292 g/mol. The summed E-state index contributed by atoms with van der Waals surface area (Å²) in [5, 5.41) is 5.33. The third-order valence-electron chi connectivity index (χ3n) is 2.86. The van der Waals surface area contributed by atoms with E-state index in [1.54, 1.807) is 0 Å². The van der Waals surface area contributed by atoms with Gasteiger partial charge in [0.05, 0.1) is 19.6 Å². The summed E-state index contributed by atoms with van der Waals surface area (Å²) >= 11 is 0. The number of nitrogens with one attached hydrogen (secondary N) is 2. The topological polar surface area (TPSA) is 84.5 Å². The van der Waals surface area contributed by atoms with Crippen LogP contribution < -0.4 is 10.6 Å². The molecule has 0 aliphatic rings. The lowest BCUT2D eigenvalue weighted by molar-refractivity contribution is -0.141. The molecule has 114 valence electrons. The van der Waals surface area contributed by atoms with Gasteiger partial charge in [0.15, 0.2) is 0 Å². The second-order valence-electron chi connectivity index (χ2n) is 4.54. The number of hydrogen-bond donors (Lipinski definition) is 2. The number of methoxy groups -OCH3 is 1. The van der Waals surface area contributed by atoms with Gasteiger partial charge < -0.3 is 15.4 Å². The Kier molecular flexibility index (Phi) is 6.94. The molecule has 0 aliphatic heterocycles. The highest BCUT2D eigenvalue weighted by Gasteiger charge is 2.18. The van der Waals surface area contributed by atoms with Gasteiger partial charge in [-0.15, -0.1) is 0 Å². The van der Waals surface area contributed by atoms with Gasteiger partial charge >= 0.3 is 5.97 Å². The van der Waals surface area contributed by atoms with Crippen molar-refractivity contribution >= 4 is 17.8 Å². The Morgan fingerprint density at radius 1 is 1.19 bits per heavy atom. The zero-order chi connectivity index (χ0) is 15.7. The molecule has 2 amide bonds. The third kappa shape index (κ3) is 6.56. The molecule has 0 unspecified atom stereocenters. The Bertz CT molecular complexity index is 488. The lowest BCUT2D eigenvalue weighted by Gasteiger charge is -2.18. The standard InChI is InChI=1S/C15H20N2O4/c1-11(18)16-9-8-14(19)17-13(10-15(20)21-2)12-6-4-3-5-7-12/h3-7,13H,8-10H2,1-2H3,(H,16,18)(H,17,19)/t13-/m1/s1. The molecule has 0 aromatic heterocycles. The first-order valence-electron chi connectivity index (χ1n) is 6.68. The summed E-state index contributed by atoms with van der Waals surface area (Å²) in [5.74, 6) is -0.815. The quantitative estimate of drug-likeness (QED) is 0.732. The molecule has 6 nitrogen and oxygen atoms in total. The van der Waals surface area contributed by atoms with Gasteiger partial charge in [-0.2, -0.15) is 0 Å². The smallest absolute Gasteiger partial charge is 0.307 e. The number of carbonyl (C=O) groups excluding carboxylic acids is 3. The maximum atomic E-state index is 11.9. The summed E-state index contributed by atoms with van der Waals surface area (Å²) in [4.78, 5) is 34.1. The molecule has 6 heteroatoms. The molecule has 21 heavy (non-hydrogen) atoms.